The van der Waals surface area contributed by atoms with Crippen LogP contribution in [0, 0.1) is 0 Å². The third-order valence-electron chi connectivity index (χ3n) is 2.90. The van der Waals surface area contributed by atoms with Crippen LogP contribution in [-0.2, 0) is 6.54 Å². The van der Waals surface area contributed by atoms with E-state index in [1.165, 1.54) is 0 Å². The topological polar surface area (TPSA) is 69.3 Å². The van der Waals surface area contributed by atoms with Gasteiger partial charge in [-0.2, -0.15) is 0 Å². The Kier molecular flexibility index (Phi) is 4.79. The molecule has 0 bridgehead atoms. The number of nitrogens with one attached hydrogen (secondary N) is 1. The minimum Gasteiger partial charge on any atom is -0.492 e. The molecule has 1 aromatic heterocycles. The van der Waals surface area contributed by atoms with E-state index in [0.29, 0.717) is 18.8 Å². The highest BCUT2D eigenvalue weighted by Gasteiger charge is 2.09. The molecule has 0 radical (unpaired) electrons. The van der Waals surface area contributed by atoms with Crippen LogP contribution in [-0.4, -0.2) is 23.6 Å². The number of nitrogens with zero attached hydrogens (tertiary/aromatic N) is 1. The molecule has 2 rings (SSSR count). The molecule has 2 aromatic rings. The van der Waals surface area contributed by atoms with Gasteiger partial charge < -0.3 is 20.4 Å². The van der Waals surface area contributed by atoms with Gasteiger partial charge in [0.25, 0.3) is 5.91 Å². The zero-order chi connectivity index (χ0) is 14.4. The number of amides is 1. The Labute approximate surface area is 118 Å². The largest absolute Gasteiger partial charge is 0.492 e. The first-order valence-electron chi connectivity index (χ1n) is 6.64. The summed E-state index contributed by atoms with van der Waals surface area (Å²) in [4.78, 5) is 12.1. The van der Waals surface area contributed by atoms with E-state index in [0.717, 1.165) is 18.0 Å². The van der Waals surface area contributed by atoms with Gasteiger partial charge >= 0.3 is 0 Å². The molecule has 1 heterocycles. The molecule has 5 nitrogen and oxygen atoms in total. The predicted octanol–water partition coefficient (Wildman–Crippen LogP) is 2.10. The van der Waals surface area contributed by atoms with Crippen molar-refractivity contribution >= 4 is 11.6 Å². The lowest BCUT2D eigenvalue weighted by molar-refractivity contribution is 0.101. The zero-order valence-corrected chi connectivity index (χ0v) is 11.5. The fourth-order valence-corrected chi connectivity index (χ4v) is 1.90. The zero-order valence-electron chi connectivity index (χ0n) is 11.5. The highest BCUT2D eigenvalue weighted by atomic mass is 16.5. The van der Waals surface area contributed by atoms with Crippen LogP contribution in [0.1, 0.15) is 17.4 Å². The average Bonchev–Trinajstić information content (AvgIpc) is 2.95. The standard InChI is InChI=1S/C15H19N3O2/c1-2-18-10-3-4-14(18)15(19)17-12-5-7-13(8-6-12)20-11-9-16/h3-8,10H,2,9,11,16H2,1H3,(H,17,19). The summed E-state index contributed by atoms with van der Waals surface area (Å²) in [5.74, 6) is 0.623. The van der Waals surface area contributed by atoms with Gasteiger partial charge in [0.15, 0.2) is 0 Å². The van der Waals surface area contributed by atoms with Gasteiger partial charge in [-0.25, -0.2) is 0 Å². The van der Waals surface area contributed by atoms with Gasteiger partial charge in [0.1, 0.15) is 18.1 Å². The van der Waals surface area contributed by atoms with Crippen LogP contribution in [0.2, 0.25) is 0 Å². The van der Waals surface area contributed by atoms with E-state index in [1.54, 1.807) is 6.07 Å². The summed E-state index contributed by atoms with van der Waals surface area (Å²) in [5.41, 5.74) is 6.75. The number of carbonyl (C=O) groups excluding carboxylic acids is 1. The van der Waals surface area contributed by atoms with E-state index in [1.807, 2.05) is 48.0 Å². The lowest BCUT2D eigenvalue weighted by Gasteiger charge is -2.09. The van der Waals surface area contributed by atoms with Crippen molar-refractivity contribution in [3.63, 3.8) is 0 Å². The quantitative estimate of drug-likeness (QED) is 0.846. The Morgan fingerprint density at radius 2 is 2.05 bits per heavy atom. The Balaban J connectivity index is 2.01. The van der Waals surface area contributed by atoms with E-state index in [4.69, 9.17) is 10.5 Å². The average molecular weight is 273 g/mol. The number of carbonyl (C=O) groups is 1. The molecule has 0 saturated heterocycles. The van der Waals surface area contributed by atoms with Crippen molar-refractivity contribution in [2.24, 2.45) is 5.73 Å². The number of aryl methyl sites for hydroxylation is 1. The first-order chi connectivity index (χ1) is 9.74. The van der Waals surface area contributed by atoms with E-state index in [2.05, 4.69) is 5.32 Å². The minimum absolute atomic E-state index is 0.118. The van der Waals surface area contributed by atoms with E-state index >= 15 is 0 Å². The van der Waals surface area contributed by atoms with Crippen LogP contribution in [0.25, 0.3) is 0 Å². The van der Waals surface area contributed by atoms with Gasteiger partial charge in [0.05, 0.1) is 0 Å². The Morgan fingerprint density at radius 1 is 1.30 bits per heavy atom. The molecule has 0 fully saturated rings. The number of aromatic nitrogens is 1. The van der Waals surface area contributed by atoms with Crippen LogP contribution in [0.15, 0.2) is 42.6 Å². The summed E-state index contributed by atoms with van der Waals surface area (Å²) in [6.45, 7) is 3.73. The summed E-state index contributed by atoms with van der Waals surface area (Å²) in [6.07, 6.45) is 1.89. The molecule has 106 valence electrons. The van der Waals surface area contributed by atoms with E-state index in [-0.39, 0.29) is 5.91 Å². The first kappa shape index (κ1) is 14.1. The van der Waals surface area contributed by atoms with Gasteiger partial charge in [-0.15, -0.1) is 0 Å². The Bertz CT molecular complexity index is 561. The van der Waals surface area contributed by atoms with Crippen LogP contribution in [0.3, 0.4) is 0 Å². The molecule has 3 N–H and O–H groups in total. The van der Waals surface area contributed by atoms with Crippen LogP contribution in [0.5, 0.6) is 5.75 Å². The second-order valence-corrected chi connectivity index (χ2v) is 4.30. The SMILES string of the molecule is CCn1cccc1C(=O)Nc1ccc(OCCN)cc1. The van der Waals surface area contributed by atoms with Crippen molar-refractivity contribution in [2.75, 3.05) is 18.5 Å². The third kappa shape index (κ3) is 3.39. The molecule has 0 atom stereocenters. The van der Waals surface area contributed by atoms with Gasteiger partial charge in [-0.3, -0.25) is 4.79 Å². The summed E-state index contributed by atoms with van der Waals surface area (Å²) in [6, 6.07) is 10.9. The molecule has 20 heavy (non-hydrogen) atoms. The van der Waals surface area contributed by atoms with E-state index < -0.39 is 0 Å². The molecule has 0 saturated carbocycles. The van der Waals surface area contributed by atoms with Crippen molar-refractivity contribution in [3.8, 4) is 5.75 Å². The monoisotopic (exact) mass is 273 g/mol. The van der Waals surface area contributed by atoms with Gasteiger partial charge in [-0.1, -0.05) is 0 Å². The summed E-state index contributed by atoms with van der Waals surface area (Å²) in [7, 11) is 0. The van der Waals surface area contributed by atoms with Gasteiger partial charge in [0.2, 0.25) is 0 Å². The molecule has 0 aliphatic rings. The van der Waals surface area contributed by atoms with Gasteiger partial charge in [-0.05, 0) is 43.3 Å². The summed E-state index contributed by atoms with van der Waals surface area (Å²) < 4.78 is 7.28. The third-order valence-corrected chi connectivity index (χ3v) is 2.90. The molecule has 0 spiro atoms. The maximum absolute atomic E-state index is 12.1. The molecule has 0 unspecified atom stereocenters. The second kappa shape index (κ2) is 6.77. The molecule has 1 aromatic carbocycles. The fourth-order valence-electron chi connectivity index (χ4n) is 1.90. The Hall–Kier alpha value is -2.27. The van der Waals surface area contributed by atoms with E-state index in [9.17, 15) is 4.79 Å². The highest BCUT2D eigenvalue weighted by Crippen LogP contribution is 2.16. The molecule has 5 heteroatoms. The van der Waals surface area contributed by atoms with Gasteiger partial charge in [0, 0.05) is 25.0 Å². The van der Waals surface area contributed by atoms with Crippen molar-refractivity contribution in [3.05, 3.63) is 48.3 Å². The highest BCUT2D eigenvalue weighted by molar-refractivity contribution is 6.03. The molecular formula is C15H19N3O2. The summed E-state index contributed by atoms with van der Waals surface area (Å²) in [5, 5.41) is 2.86. The number of benzene rings is 1. The number of ether oxygens (including phenoxy) is 1. The van der Waals surface area contributed by atoms with Crippen molar-refractivity contribution in [1.29, 1.82) is 0 Å². The molecule has 0 aliphatic carbocycles. The fraction of sp³-hybridized carbons (Fsp3) is 0.267. The number of hydrogen-bond acceptors (Lipinski definition) is 3. The number of hydrogen-bond donors (Lipinski definition) is 2. The van der Waals surface area contributed by atoms with Crippen LogP contribution in [0.4, 0.5) is 5.69 Å². The second-order valence-electron chi connectivity index (χ2n) is 4.30. The predicted molar refractivity (Wildman–Crippen MR) is 79.1 cm³/mol. The summed E-state index contributed by atoms with van der Waals surface area (Å²) >= 11 is 0. The maximum atomic E-state index is 12.1. The number of rotatable bonds is 6. The lowest BCUT2D eigenvalue weighted by Crippen LogP contribution is -2.16. The smallest absolute Gasteiger partial charge is 0.272 e. The number of anilines is 1. The van der Waals surface area contributed by atoms with Crippen LogP contribution < -0.4 is 15.8 Å². The van der Waals surface area contributed by atoms with Crippen LogP contribution >= 0.6 is 0 Å². The van der Waals surface area contributed by atoms with Crippen molar-refractivity contribution in [1.82, 2.24) is 4.57 Å². The normalized spacial score (nSPS) is 10.3. The van der Waals surface area contributed by atoms with Crippen molar-refractivity contribution in [2.45, 2.75) is 13.5 Å². The number of nitrogens with two attached hydrogens (primary N) is 1. The molecular weight excluding hydrogens is 254 g/mol. The van der Waals surface area contributed by atoms with Crippen molar-refractivity contribution < 1.29 is 9.53 Å². The maximum Gasteiger partial charge on any atom is 0.272 e. The Morgan fingerprint density at radius 3 is 2.70 bits per heavy atom. The lowest BCUT2D eigenvalue weighted by atomic mass is 10.3. The minimum atomic E-state index is -0.118. The molecule has 1 amide bonds. The molecule has 0 aliphatic heterocycles. The first-order valence-corrected chi connectivity index (χ1v) is 6.64.